The number of nitrogens with zero attached hydrogens (tertiary/aromatic N) is 2. The number of rotatable bonds is 3. The van der Waals surface area contributed by atoms with Gasteiger partial charge in [-0.2, -0.15) is 5.10 Å². The summed E-state index contributed by atoms with van der Waals surface area (Å²) in [6.45, 7) is 3.56. The maximum absolute atomic E-state index is 6.33. The average molecular weight is 258 g/mol. The van der Waals surface area contributed by atoms with Crippen molar-refractivity contribution in [2.24, 2.45) is 18.7 Å². The zero-order valence-corrected chi connectivity index (χ0v) is 11.2. The molecule has 1 fully saturated rings. The van der Waals surface area contributed by atoms with Gasteiger partial charge in [-0.05, 0) is 19.3 Å². The predicted molar refractivity (Wildman–Crippen MR) is 68.2 cm³/mol. The number of hydrogen-bond donors (Lipinski definition) is 1. The van der Waals surface area contributed by atoms with Crippen molar-refractivity contribution in [1.82, 2.24) is 9.78 Å². The van der Waals surface area contributed by atoms with Crippen molar-refractivity contribution in [1.29, 1.82) is 0 Å². The van der Waals surface area contributed by atoms with Gasteiger partial charge in [0.05, 0.1) is 23.0 Å². The molecule has 0 amide bonds. The van der Waals surface area contributed by atoms with Crippen LogP contribution in [0.4, 0.5) is 0 Å². The lowest BCUT2D eigenvalue weighted by atomic mass is 9.92. The van der Waals surface area contributed by atoms with E-state index in [1.54, 1.807) is 0 Å². The summed E-state index contributed by atoms with van der Waals surface area (Å²) >= 11 is 6.33. The second-order valence-electron chi connectivity index (χ2n) is 4.68. The van der Waals surface area contributed by atoms with E-state index in [0.29, 0.717) is 5.92 Å². The Bertz CT molecular complexity index is 391. The van der Waals surface area contributed by atoms with Crippen LogP contribution in [0.25, 0.3) is 0 Å². The smallest absolute Gasteiger partial charge is 0.0849 e. The first-order valence-electron chi connectivity index (χ1n) is 6.17. The molecule has 96 valence electrons. The molecule has 4 nitrogen and oxygen atoms in total. The first kappa shape index (κ1) is 12.9. The maximum atomic E-state index is 6.33. The Labute approximate surface area is 107 Å². The molecule has 0 aromatic carbocycles. The van der Waals surface area contributed by atoms with E-state index in [0.717, 1.165) is 48.9 Å². The Morgan fingerprint density at radius 3 is 2.94 bits per heavy atom. The van der Waals surface area contributed by atoms with Gasteiger partial charge in [0.1, 0.15) is 0 Å². The van der Waals surface area contributed by atoms with Gasteiger partial charge >= 0.3 is 0 Å². The van der Waals surface area contributed by atoms with Gasteiger partial charge in [0.25, 0.3) is 0 Å². The number of nitrogens with two attached hydrogens (primary N) is 1. The standard InChI is InChI=1S/C12H20ClN3O/c1-3-10-12(13)11(16(2)15-10)6-8-7-17-5-4-9(8)14/h8-9H,3-7,14H2,1-2H3. The average Bonchev–Trinajstić information content (AvgIpc) is 2.59. The summed E-state index contributed by atoms with van der Waals surface area (Å²) in [6.07, 6.45) is 2.64. The molecule has 0 radical (unpaired) electrons. The van der Waals surface area contributed by atoms with E-state index in [4.69, 9.17) is 22.1 Å². The van der Waals surface area contributed by atoms with Gasteiger partial charge in [0.15, 0.2) is 0 Å². The molecule has 0 bridgehead atoms. The van der Waals surface area contributed by atoms with Gasteiger partial charge in [-0.3, -0.25) is 4.68 Å². The highest BCUT2D eigenvalue weighted by molar-refractivity contribution is 6.31. The number of halogens is 1. The van der Waals surface area contributed by atoms with Gasteiger partial charge < -0.3 is 10.5 Å². The van der Waals surface area contributed by atoms with Crippen molar-refractivity contribution in [2.45, 2.75) is 32.2 Å². The first-order valence-corrected chi connectivity index (χ1v) is 6.54. The molecule has 0 spiro atoms. The second kappa shape index (κ2) is 5.38. The molecule has 2 N–H and O–H groups in total. The van der Waals surface area contributed by atoms with Crippen molar-refractivity contribution in [3.05, 3.63) is 16.4 Å². The number of aryl methyl sites for hydroxylation is 2. The van der Waals surface area contributed by atoms with Gasteiger partial charge in [0, 0.05) is 25.6 Å². The van der Waals surface area contributed by atoms with Gasteiger partial charge in [0.2, 0.25) is 0 Å². The zero-order chi connectivity index (χ0) is 12.4. The lowest BCUT2D eigenvalue weighted by molar-refractivity contribution is 0.0416. The first-order chi connectivity index (χ1) is 8.13. The van der Waals surface area contributed by atoms with E-state index < -0.39 is 0 Å². The molecule has 0 saturated carbocycles. The fourth-order valence-electron chi connectivity index (χ4n) is 2.31. The molecular formula is C12H20ClN3O. The lowest BCUT2D eigenvalue weighted by Gasteiger charge is -2.28. The van der Waals surface area contributed by atoms with Crippen LogP contribution in [0.15, 0.2) is 0 Å². The van der Waals surface area contributed by atoms with Crippen LogP contribution < -0.4 is 5.73 Å². The van der Waals surface area contributed by atoms with E-state index in [9.17, 15) is 0 Å². The Kier molecular flexibility index (Phi) is 4.07. The van der Waals surface area contributed by atoms with Crippen LogP contribution in [0.5, 0.6) is 0 Å². The summed E-state index contributed by atoms with van der Waals surface area (Å²) in [4.78, 5) is 0. The molecule has 2 atom stereocenters. The maximum Gasteiger partial charge on any atom is 0.0849 e. The zero-order valence-electron chi connectivity index (χ0n) is 10.4. The highest BCUT2D eigenvalue weighted by Crippen LogP contribution is 2.26. The van der Waals surface area contributed by atoms with Crippen LogP contribution in [0.2, 0.25) is 5.02 Å². The van der Waals surface area contributed by atoms with E-state index in [1.807, 2.05) is 11.7 Å². The molecule has 1 aliphatic heterocycles. The monoisotopic (exact) mass is 257 g/mol. The van der Waals surface area contributed by atoms with Crippen LogP contribution in [-0.2, 0) is 24.6 Å². The van der Waals surface area contributed by atoms with Crippen molar-refractivity contribution in [2.75, 3.05) is 13.2 Å². The van der Waals surface area contributed by atoms with Crippen LogP contribution in [0.1, 0.15) is 24.7 Å². The minimum absolute atomic E-state index is 0.208. The molecule has 17 heavy (non-hydrogen) atoms. The SMILES string of the molecule is CCc1nn(C)c(CC2COCCC2N)c1Cl. The van der Waals surface area contributed by atoms with Gasteiger partial charge in [-0.15, -0.1) is 0 Å². The molecule has 2 rings (SSSR count). The molecule has 0 aliphatic carbocycles. The molecule has 1 aromatic heterocycles. The Hall–Kier alpha value is -0.580. The molecular weight excluding hydrogens is 238 g/mol. The molecule has 2 heterocycles. The lowest BCUT2D eigenvalue weighted by Crippen LogP contribution is -2.40. The number of hydrogen-bond acceptors (Lipinski definition) is 3. The summed E-state index contributed by atoms with van der Waals surface area (Å²) in [5.41, 5.74) is 8.16. The Morgan fingerprint density at radius 2 is 2.35 bits per heavy atom. The van der Waals surface area contributed by atoms with Crippen molar-refractivity contribution in [3.8, 4) is 0 Å². The molecule has 5 heteroatoms. The highest BCUT2D eigenvalue weighted by atomic mass is 35.5. The summed E-state index contributed by atoms with van der Waals surface area (Å²) in [5.74, 6) is 0.348. The largest absolute Gasteiger partial charge is 0.381 e. The topological polar surface area (TPSA) is 53.1 Å². The van der Waals surface area contributed by atoms with Crippen molar-refractivity contribution in [3.63, 3.8) is 0 Å². The minimum Gasteiger partial charge on any atom is -0.381 e. The normalized spacial score (nSPS) is 25.2. The predicted octanol–water partition coefficient (Wildman–Crippen LogP) is 1.54. The third-order valence-corrected chi connectivity index (χ3v) is 3.93. The second-order valence-corrected chi connectivity index (χ2v) is 5.05. The van der Waals surface area contributed by atoms with E-state index in [2.05, 4.69) is 12.0 Å². The van der Waals surface area contributed by atoms with Gasteiger partial charge in [-0.25, -0.2) is 0 Å². The number of aromatic nitrogens is 2. The fourth-order valence-corrected chi connectivity index (χ4v) is 2.68. The molecule has 1 aliphatic rings. The quantitative estimate of drug-likeness (QED) is 0.894. The van der Waals surface area contributed by atoms with Crippen molar-refractivity contribution >= 4 is 11.6 Å². The van der Waals surface area contributed by atoms with Crippen LogP contribution >= 0.6 is 11.6 Å². The van der Waals surface area contributed by atoms with Crippen LogP contribution in [0, 0.1) is 5.92 Å². The van der Waals surface area contributed by atoms with E-state index >= 15 is 0 Å². The summed E-state index contributed by atoms with van der Waals surface area (Å²) < 4.78 is 7.36. The fraction of sp³-hybridized carbons (Fsp3) is 0.750. The summed E-state index contributed by atoms with van der Waals surface area (Å²) in [7, 11) is 1.94. The van der Waals surface area contributed by atoms with Gasteiger partial charge in [-0.1, -0.05) is 18.5 Å². The highest BCUT2D eigenvalue weighted by Gasteiger charge is 2.25. The van der Waals surface area contributed by atoms with Crippen molar-refractivity contribution < 1.29 is 4.74 Å². The third-order valence-electron chi connectivity index (χ3n) is 3.49. The molecule has 1 saturated heterocycles. The van der Waals surface area contributed by atoms with Crippen LogP contribution in [-0.4, -0.2) is 29.0 Å². The Balaban J connectivity index is 2.14. The summed E-state index contributed by atoms with van der Waals surface area (Å²) in [5, 5.41) is 5.22. The molecule has 2 unspecified atom stereocenters. The Morgan fingerprint density at radius 1 is 1.59 bits per heavy atom. The van der Waals surface area contributed by atoms with E-state index in [-0.39, 0.29) is 6.04 Å². The third kappa shape index (κ3) is 2.64. The van der Waals surface area contributed by atoms with E-state index in [1.165, 1.54) is 0 Å². The summed E-state index contributed by atoms with van der Waals surface area (Å²) in [6, 6.07) is 0.208. The number of ether oxygens (including phenoxy) is 1. The van der Waals surface area contributed by atoms with Crippen LogP contribution in [0.3, 0.4) is 0 Å². The molecule has 1 aromatic rings. The minimum atomic E-state index is 0.208.